The quantitative estimate of drug-likeness (QED) is 0.481. The number of aromatic amines is 1. The molecule has 1 heterocycles. The lowest BCUT2D eigenvalue weighted by Crippen LogP contribution is -2.07. The number of rotatable bonds is 5. The number of hydrogen-bond acceptors (Lipinski definition) is 6. The summed E-state index contributed by atoms with van der Waals surface area (Å²) >= 11 is 1.37. The summed E-state index contributed by atoms with van der Waals surface area (Å²) in [7, 11) is 0. The first-order valence-electron chi connectivity index (χ1n) is 5.28. The average Bonchev–Trinajstić information content (AvgIpc) is 2.81. The molecule has 2 rings (SSSR count). The lowest BCUT2D eigenvalue weighted by Gasteiger charge is -2.03. The Morgan fingerprint density at radius 2 is 2.17 bits per heavy atom. The standard InChI is InChI=1S/C11H12N4O2S/c12-10-13-11(15-14-10)18-7-6-17-9(16)8-4-2-1-3-5-8/h1-5H,6-7H2,(H3,12,13,14,15). The molecule has 0 radical (unpaired) electrons. The Labute approximate surface area is 108 Å². The number of carbonyl (C=O) groups is 1. The van der Waals surface area contributed by atoms with Crippen molar-refractivity contribution in [2.24, 2.45) is 0 Å². The minimum Gasteiger partial charge on any atom is -0.461 e. The van der Waals surface area contributed by atoms with Crippen molar-refractivity contribution in [2.75, 3.05) is 18.1 Å². The van der Waals surface area contributed by atoms with Crippen molar-refractivity contribution in [1.82, 2.24) is 15.2 Å². The van der Waals surface area contributed by atoms with Gasteiger partial charge >= 0.3 is 5.97 Å². The van der Waals surface area contributed by atoms with Crippen molar-refractivity contribution in [1.29, 1.82) is 0 Å². The molecule has 0 amide bonds. The van der Waals surface area contributed by atoms with E-state index in [4.69, 9.17) is 10.5 Å². The van der Waals surface area contributed by atoms with Gasteiger partial charge in [-0.1, -0.05) is 30.0 Å². The molecule has 0 unspecified atom stereocenters. The molecule has 0 saturated heterocycles. The van der Waals surface area contributed by atoms with Gasteiger partial charge in [-0.3, -0.25) is 0 Å². The Kier molecular flexibility index (Phi) is 4.19. The molecule has 3 N–H and O–H groups in total. The Morgan fingerprint density at radius 1 is 1.39 bits per heavy atom. The second kappa shape index (κ2) is 6.06. The van der Waals surface area contributed by atoms with Crippen LogP contribution >= 0.6 is 11.8 Å². The molecule has 0 aliphatic rings. The number of nitrogens with one attached hydrogen (secondary N) is 1. The van der Waals surface area contributed by atoms with Crippen LogP contribution in [0.3, 0.4) is 0 Å². The molecule has 0 bridgehead atoms. The van der Waals surface area contributed by atoms with E-state index in [2.05, 4.69) is 15.2 Å². The number of thioether (sulfide) groups is 1. The molecular weight excluding hydrogens is 252 g/mol. The molecule has 0 fully saturated rings. The summed E-state index contributed by atoms with van der Waals surface area (Å²) in [5.41, 5.74) is 5.93. The fourth-order valence-electron chi connectivity index (χ4n) is 1.25. The van der Waals surface area contributed by atoms with Gasteiger partial charge in [0.05, 0.1) is 5.56 Å². The van der Waals surface area contributed by atoms with Crippen molar-refractivity contribution >= 4 is 23.7 Å². The van der Waals surface area contributed by atoms with E-state index in [0.29, 0.717) is 23.1 Å². The summed E-state index contributed by atoms with van der Waals surface area (Å²) in [5.74, 6) is 0.528. The highest BCUT2D eigenvalue weighted by Gasteiger charge is 2.06. The zero-order valence-corrected chi connectivity index (χ0v) is 10.3. The number of ether oxygens (including phenoxy) is 1. The maximum atomic E-state index is 11.6. The molecule has 0 spiro atoms. The molecule has 2 aromatic rings. The first-order chi connectivity index (χ1) is 8.75. The first kappa shape index (κ1) is 12.4. The Hall–Kier alpha value is -2.02. The molecule has 94 valence electrons. The third kappa shape index (κ3) is 3.49. The van der Waals surface area contributed by atoms with Gasteiger partial charge in [0.2, 0.25) is 11.1 Å². The summed E-state index contributed by atoms with van der Waals surface area (Å²) in [4.78, 5) is 15.5. The smallest absolute Gasteiger partial charge is 0.338 e. The number of anilines is 1. The number of nitrogens with two attached hydrogens (primary N) is 1. The van der Waals surface area contributed by atoms with Crippen molar-refractivity contribution in [3.8, 4) is 0 Å². The maximum Gasteiger partial charge on any atom is 0.338 e. The summed E-state index contributed by atoms with van der Waals surface area (Å²) in [6.07, 6.45) is 0. The highest BCUT2D eigenvalue weighted by atomic mass is 32.2. The molecule has 0 atom stereocenters. The zero-order valence-electron chi connectivity index (χ0n) is 9.50. The highest BCUT2D eigenvalue weighted by molar-refractivity contribution is 7.99. The van der Waals surface area contributed by atoms with E-state index in [1.54, 1.807) is 24.3 Å². The zero-order chi connectivity index (χ0) is 12.8. The van der Waals surface area contributed by atoms with Crippen LogP contribution in [0.15, 0.2) is 35.5 Å². The molecule has 0 saturated carbocycles. The third-order valence-corrected chi connectivity index (χ3v) is 2.85. The van der Waals surface area contributed by atoms with Crippen LogP contribution < -0.4 is 5.73 Å². The van der Waals surface area contributed by atoms with Crippen LogP contribution in [-0.2, 0) is 4.74 Å². The van der Waals surface area contributed by atoms with Gasteiger partial charge in [-0.2, -0.15) is 4.98 Å². The van der Waals surface area contributed by atoms with Crippen LogP contribution in [0.5, 0.6) is 0 Å². The van der Waals surface area contributed by atoms with Crippen LogP contribution in [0.25, 0.3) is 0 Å². The number of benzene rings is 1. The van der Waals surface area contributed by atoms with Gasteiger partial charge in [-0.25, -0.2) is 9.89 Å². The normalized spacial score (nSPS) is 10.2. The summed E-state index contributed by atoms with van der Waals surface area (Å²) in [6, 6.07) is 8.86. The lowest BCUT2D eigenvalue weighted by molar-refractivity contribution is 0.0530. The van der Waals surface area contributed by atoms with Gasteiger partial charge in [0, 0.05) is 5.75 Å². The van der Waals surface area contributed by atoms with Gasteiger partial charge in [0.25, 0.3) is 0 Å². The monoisotopic (exact) mass is 264 g/mol. The Morgan fingerprint density at radius 3 is 2.83 bits per heavy atom. The average molecular weight is 264 g/mol. The summed E-state index contributed by atoms with van der Waals surface area (Å²) < 4.78 is 5.10. The predicted molar refractivity (Wildman–Crippen MR) is 68.2 cm³/mol. The van der Waals surface area contributed by atoms with E-state index in [1.165, 1.54) is 11.8 Å². The summed E-state index contributed by atoms with van der Waals surface area (Å²) in [5, 5.41) is 6.93. The van der Waals surface area contributed by atoms with Crippen LogP contribution in [0.2, 0.25) is 0 Å². The SMILES string of the molecule is Nc1nc(SCCOC(=O)c2ccccc2)n[nH]1. The molecule has 0 aliphatic heterocycles. The van der Waals surface area contributed by atoms with Crippen molar-refractivity contribution in [3.63, 3.8) is 0 Å². The molecule has 1 aromatic carbocycles. The fraction of sp³-hybridized carbons (Fsp3) is 0.182. The Balaban J connectivity index is 1.71. The fourth-order valence-corrected chi connectivity index (χ4v) is 1.87. The molecule has 18 heavy (non-hydrogen) atoms. The van der Waals surface area contributed by atoms with Gasteiger partial charge in [-0.15, -0.1) is 5.10 Å². The number of H-pyrrole nitrogens is 1. The van der Waals surface area contributed by atoms with E-state index < -0.39 is 0 Å². The molecule has 6 nitrogen and oxygen atoms in total. The topological polar surface area (TPSA) is 93.9 Å². The van der Waals surface area contributed by atoms with Crippen LogP contribution in [0.4, 0.5) is 5.95 Å². The Bertz CT molecular complexity index is 515. The molecule has 0 aliphatic carbocycles. The van der Waals surface area contributed by atoms with E-state index in [-0.39, 0.29) is 11.9 Å². The van der Waals surface area contributed by atoms with Crippen LogP contribution in [0, 0.1) is 0 Å². The van der Waals surface area contributed by atoms with Crippen molar-refractivity contribution < 1.29 is 9.53 Å². The van der Waals surface area contributed by atoms with E-state index in [1.807, 2.05) is 6.07 Å². The lowest BCUT2D eigenvalue weighted by atomic mass is 10.2. The second-order valence-corrected chi connectivity index (χ2v) is 4.42. The minimum atomic E-state index is -0.328. The third-order valence-electron chi connectivity index (χ3n) is 2.04. The number of esters is 1. The van der Waals surface area contributed by atoms with Gasteiger partial charge < -0.3 is 10.5 Å². The van der Waals surface area contributed by atoms with E-state index in [0.717, 1.165) is 0 Å². The van der Waals surface area contributed by atoms with Crippen LogP contribution in [-0.4, -0.2) is 33.5 Å². The van der Waals surface area contributed by atoms with Crippen molar-refractivity contribution in [2.45, 2.75) is 5.16 Å². The molecule has 7 heteroatoms. The molecule has 1 aromatic heterocycles. The summed E-state index contributed by atoms with van der Waals surface area (Å²) in [6.45, 7) is 0.298. The van der Waals surface area contributed by atoms with E-state index >= 15 is 0 Å². The predicted octanol–water partition coefficient (Wildman–Crippen LogP) is 1.34. The number of aromatic nitrogens is 3. The highest BCUT2D eigenvalue weighted by Crippen LogP contribution is 2.12. The van der Waals surface area contributed by atoms with Crippen molar-refractivity contribution in [3.05, 3.63) is 35.9 Å². The number of carbonyl (C=O) groups excluding carboxylic acids is 1. The largest absolute Gasteiger partial charge is 0.461 e. The number of nitrogens with zero attached hydrogens (tertiary/aromatic N) is 2. The second-order valence-electron chi connectivity index (χ2n) is 3.35. The first-order valence-corrected chi connectivity index (χ1v) is 6.27. The van der Waals surface area contributed by atoms with Crippen LogP contribution in [0.1, 0.15) is 10.4 Å². The van der Waals surface area contributed by atoms with E-state index in [9.17, 15) is 4.79 Å². The minimum absolute atomic E-state index is 0.277. The number of hydrogen-bond donors (Lipinski definition) is 2. The molecular formula is C11H12N4O2S. The van der Waals surface area contributed by atoms with Gasteiger partial charge in [-0.05, 0) is 12.1 Å². The maximum absolute atomic E-state index is 11.6. The van der Waals surface area contributed by atoms with Gasteiger partial charge in [0.1, 0.15) is 6.61 Å². The number of nitrogen functional groups attached to an aromatic ring is 1. The van der Waals surface area contributed by atoms with Gasteiger partial charge in [0.15, 0.2) is 0 Å².